The van der Waals surface area contributed by atoms with E-state index in [0.29, 0.717) is 15.7 Å². The summed E-state index contributed by atoms with van der Waals surface area (Å²) < 4.78 is 4.93. The van der Waals surface area contributed by atoms with Crippen molar-refractivity contribution < 1.29 is 19.4 Å². The third-order valence-electron chi connectivity index (χ3n) is 3.27. The minimum Gasteiger partial charge on any atom is -0.464 e. The zero-order valence-electron chi connectivity index (χ0n) is 11.9. The second-order valence-electron chi connectivity index (χ2n) is 4.87. The van der Waals surface area contributed by atoms with Gasteiger partial charge in [-0.05, 0) is 25.1 Å². The van der Waals surface area contributed by atoms with Gasteiger partial charge in [-0.15, -0.1) is 0 Å². The first-order valence-electron chi connectivity index (χ1n) is 6.79. The van der Waals surface area contributed by atoms with Crippen LogP contribution in [0.1, 0.15) is 13.3 Å². The fourth-order valence-corrected chi connectivity index (χ4v) is 2.57. The van der Waals surface area contributed by atoms with Gasteiger partial charge in [-0.1, -0.05) is 23.2 Å². The number of nitrogens with one attached hydrogen (secondary N) is 1. The smallest absolute Gasteiger partial charge is 0.329 e. The summed E-state index contributed by atoms with van der Waals surface area (Å²) in [4.78, 5) is 25.4. The number of likely N-dealkylation sites (tertiary alicyclic amines) is 1. The molecule has 0 aromatic heterocycles. The lowest BCUT2D eigenvalue weighted by Crippen LogP contribution is -2.43. The van der Waals surface area contributed by atoms with Crippen LogP contribution in [0.5, 0.6) is 0 Å². The first-order chi connectivity index (χ1) is 10.4. The van der Waals surface area contributed by atoms with E-state index in [4.69, 9.17) is 27.9 Å². The second kappa shape index (κ2) is 7.17. The lowest BCUT2D eigenvalue weighted by molar-refractivity contribution is -0.147. The Kier molecular flexibility index (Phi) is 5.50. The SMILES string of the molecule is CCOC(=O)[C@@H]1C[C@@H](O)CN1C(=O)Nc1ccc(Cl)c(Cl)c1. The Bertz CT molecular complexity index is 582. The molecule has 1 aromatic carbocycles. The lowest BCUT2D eigenvalue weighted by atomic mass is 10.2. The molecule has 1 aromatic rings. The van der Waals surface area contributed by atoms with Crippen molar-refractivity contribution >= 4 is 40.9 Å². The summed E-state index contributed by atoms with van der Waals surface area (Å²) in [6.45, 7) is 1.97. The number of halogens is 2. The van der Waals surface area contributed by atoms with Crippen molar-refractivity contribution in [1.82, 2.24) is 4.90 Å². The van der Waals surface area contributed by atoms with Gasteiger partial charge in [0.15, 0.2) is 0 Å². The summed E-state index contributed by atoms with van der Waals surface area (Å²) in [5.41, 5.74) is 0.448. The average molecular weight is 347 g/mol. The van der Waals surface area contributed by atoms with Crippen molar-refractivity contribution in [2.45, 2.75) is 25.5 Å². The van der Waals surface area contributed by atoms with E-state index in [-0.39, 0.29) is 19.6 Å². The average Bonchev–Trinajstić information content (AvgIpc) is 2.85. The molecule has 6 nitrogen and oxygen atoms in total. The maximum Gasteiger partial charge on any atom is 0.329 e. The van der Waals surface area contributed by atoms with E-state index in [1.807, 2.05) is 0 Å². The largest absolute Gasteiger partial charge is 0.464 e. The van der Waals surface area contributed by atoms with Gasteiger partial charge in [0.05, 0.1) is 22.8 Å². The fourth-order valence-electron chi connectivity index (χ4n) is 2.27. The number of urea groups is 1. The molecule has 0 radical (unpaired) electrons. The van der Waals surface area contributed by atoms with Crippen LogP contribution in [0.15, 0.2) is 18.2 Å². The first-order valence-corrected chi connectivity index (χ1v) is 7.55. The number of hydrogen-bond donors (Lipinski definition) is 2. The van der Waals surface area contributed by atoms with Crippen molar-refractivity contribution in [2.24, 2.45) is 0 Å². The van der Waals surface area contributed by atoms with Crippen molar-refractivity contribution in [1.29, 1.82) is 0 Å². The fraction of sp³-hybridized carbons (Fsp3) is 0.429. The Labute approximate surface area is 137 Å². The maximum absolute atomic E-state index is 12.3. The third-order valence-corrected chi connectivity index (χ3v) is 4.01. The van der Waals surface area contributed by atoms with Gasteiger partial charge in [0.25, 0.3) is 0 Å². The van der Waals surface area contributed by atoms with Crippen LogP contribution < -0.4 is 5.32 Å². The number of benzene rings is 1. The molecule has 1 fully saturated rings. The monoisotopic (exact) mass is 346 g/mol. The molecule has 22 heavy (non-hydrogen) atoms. The van der Waals surface area contributed by atoms with Crippen LogP contribution in [-0.4, -0.2) is 47.3 Å². The molecule has 1 saturated heterocycles. The van der Waals surface area contributed by atoms with Crippen molar-refractivity contribution in [3.05, 3.63) is 28.2 Å². The van der Waals surface area contributed by atoms with E-state index in [0.717, 1.165) is 0 Å². The van der Waals surface area contributed by atoms with Crippen LogP contribution >= 0.6 is 23.2 Å². The quantitative estimate of drug-likeness (QED) is 0.824. The molecule has 0 unspecified atom stereocenters. The summed E-state index contributed by atoms with van der Waals surface area (Å²) in [5, 5.41) is 13.0. The molecular formula is C14H16Cl2N2O4. The highest BCUT2D eigenvalue weighted by atomic mass is 35.5. The molecule has 8 heteroatoms. The number of amides is 2. The number of aliphatic hydroxyl groups excluding tert-OH is 1. The molecule has 2 rings (SSSR count). The number of carbonyl (C=O) groups excluding carboxylic acids is 2. The molecule has 0 spiro atoms. The van der Waals surface area contributed by atoms with Crippen molar-refractivity contribution in [3.8, 4) is 0 Å². The molecular weight excluding hydrogens is 331 g/mol. The van der Waals surface area contributed by atoms with Crippen LogP contribution in [0.2, 0.25) is 10.0 Å². The molecule has 0 saturated carbocycles. The number of esters is 1. The second-order valence-corrected chi connectivity index (χ2v) is 5.68. The number of anilines is 1. The molecule has 0 bridgehead atoms. The normalized spacial score (nSPS) is 20.8. The molecule has 2 N–H and O–H groups in total. The lowest BCUT2D eigenvalue weighted by Gasteiger charge is -2.23. The minimum atomic E-state index is -0.794. The number of hydrogen-bond acceptors (Lipinski definition) is 4. The van der Waals surface area contributed by atoms with E-state index in [2.05, 4.69) is 5.32 Å². The molecule has 1 aliphatic rings. The summed E-state index contributed by atoms with van der Waals surface area (Å²) in [6, 6.07) is 3.36. The number of aliphatic hydroxyl groups is 1. The number of nitrogens with zero attached hydrogens (tertiary/aromatic N) is 1. The van der Waals surface area contributed by atoms with Crippen molar-refractivity contribution in [3.63, 3.8) is 0 Å². The van der Waals surface area contributed by atoms with E-state index in [1.165, 1.54) is 11.0 Å². The minimum absolute atomic E-state index is 0.0661. The first kappa shape index (κ1) is 16.9. The van der Waals surface area contributed by atoms with Crippen LogP contribution in [0.3, 0.4) is 0 Å². The maximum atomic E-state index is 12.3. The Hall–Kier alpha value is -1.50. The van der Waals surface area contributed by atoms with Gasteiger partial charge in [0.2, 0.25) is 0 Å². The molecule has 1 aliphatic heterocycles. The van der Waals surface area contributed by atoms with E-state index < -0.39 is 24.1 Å². The topological polar surface area (TPSA) is 78.9 Å². The number of β-amino-alcohol motifs (C(OH)–C–C–N with tert-alkyl or cyclic N) is 1. The molecule has 2 amide bonds. The zero-order chi connectivity index (χ0) is 16.3. The number of carbonyl (C=O) groups is 2. The summed E-state index contributed by atoms with van der Waals surface area (Å²) in [7, 11) is 0. The zero-order valence-corrected chi connectivity index (χ0v) is 13.4. The summed E-state index contributed by atoms with van der Waals surface area (Å²) in [6.07, 6.45) is -0.595. The highest BCUT2D eigenvalue weighted by Gasteiger charge is 2.39. The molecule has 0 aliphatic carbocycles. The third kappa shape index (κ3) is 3.82. The molecule has 1 heterocycles. The highest BCUT2D eigenvalue weighted by Crippen LogP contribution is 2.26. The number of rotatable bonds is 3. The van der Waals surface area contributed by atoms with E-state index in [9.17, 15) is 14.7 Å². The van der Waals surface area contributed by atoms with E-state index in [1.54, 1.807) is 19.1 Å². The van der Waals surface area contributed by atoms with Gasteiger partial charge in [0, 0.05) is 18.7 Å². The van der Waals surface area contributed by atoms with Gasteiger partial charge >= 0.3 is 12.0 Å². The van der Waals surface area contributed by atoms with Crippen LogP contribution in [0.4, 0.5) is 10.5 Å². The Morgan fingerprint density at radius 3 is 2.77 bits per heavy atom. The molecule has 2 atom stereocenters. The molecule has 120 valence electrons. The standard InChI is InChI=1S/C14H16Cl2N2O4/c1-2-22-13(20)12-6-9(19)7-18(12)14(21)17-8-3-4-10(15)11(16)5-8/h3-5,9,12,19H,2,6-7H2,1H3,(H,17,21)/t9-,12+/m1/s1. The number of ether oxygens (including phenoxy) is 1. The van der Waals surface area contributed by atoms with Gasteiger partial charge in [0.1, 0.15) is 6.04 Å². The van der Waals surface area contributed by atoms with Gasteiger partial charge in [-0.3, -0.25) is 0 Å². The Morgan fingerprint density at radius 2 is 2.14 bits per heavy atom. The van der Waals surface area contributed by atoms with Crippen LogP contribution in [0, 0.1) is 0 Å². The van der Waals surface area contributed by atoms with Crippen LogP contribution in [0.25, 0.3) is 0 Å². The van der Waals surface area contributed by atoms with Gasteiger partial charge in [-0.2, -0.15) is 0 Å². The van der Waals surface area contributed by atoms with E-state index >= 15 is 0 Å². The predicted octanol–water partition coefficient (Wildman–Crippen LogP) is 2.52. The van der Waals surface area contributed by atoms with Gasteiger partial charge in [-0.25, -0.2) is 9.59 Å². The summed E-state index contributed by atoms with van der Waals surface area (Å²) >= 11 is 11.7. The predicted molar refractivity (Wildman–Crippen MR) is 83.2 cm³/mol. The summed E-state index contributed by atoms with van der Waals surface area (Å²) in [5.74, 6) is -0.525. The Morgan fingerprint density at radius 1 is 1.41 bits per heavy atom. The van der Waals surface area contributed by atoms with Crippen molar-refractivity contribution in [2.75, 3.05) is 18.5 Å². The Balaban J connectivity index is 2.09. The highest BCUT2D eigenvalue weighted by molar-refractivity contribution is 6.42. The van der Waals surface area contributed by atoms with Crippen LogP contribution in [-0.2, 0) is 9.53 Å². The van der Waals surface area contributed by atoms with Gasteiger partial charge < -0.3 is 20.1 Å².